The maximum absolute atomic E-state index is 12.8. The number of para-hydroxylation sites is 1. The largest absolute Gasteiger partial charge is 0.320 e. The summed E-state index contributed by atoms with van der Waals surface area (Å²) < 4.78 is 24.5. The van der Waals surface area contributed by atoms with E-state index < -0.39 is 10.0 Å². The first-order chi connectivity index (χ1) is 13.3. The lowest BCUT2D eigenvalue weighted by atomic mass is 10.3. The molecule has 2 aromatic carbocycles. The highest BCUT2D eigenvalue weighted by Crippen LogP contribution is 2.34. The van der Waals surface area contributed by atoms with Gasteiger partial charge >= 0.3 is 0 Å². The van der Waals surface area contributed by atoms with E-state index in [4.69, 9.17) is 0 Å². The summed E-state index contributed by atoms with van der Waals surface area (Å²) in [7, 11) is -2.02. The lowest BCUT2D eigenvalue weighted by molar-refractivity contribution is 0.102. The number of rotatable bonds is 6. The van der Waals surface area contributed by atoms with Crippen molar-refractivity contribution >= 4 is 49.8 Å². The van der Waals surface area contributed by atoms with E-state index in [2.05, 4.69) is 10.3 Å². The third-order valence-corrected chi connectivity index (χ3v) is 7.46. The quantitative estimate of drug-likeness (QED) is 0.629. The Morgan fingerprint density at radius 2 is 1.75 bits per heavy atom. The number of aryl methyl sites for hydroxylation is 1. The minimum absolute atomic E-state index is 0.261. The molecule has 1 aromatic heterocycles. The molecule has 0 spiro atoms. The first-order valence-corrected chi connectivity index (χ1v) is 11.8. The Balaban J connectivity index is 1.84. The van der Waals surface area contributed by atoms with Crippen LogP contribution in [-0.2, 0) is 10.0 Å². The lowest BCUT2D eigenvalue weighted by Gasteiger charge is -2.12. The average molecular weight is 434 g/mol. The fraction of sp³-hybridized carbons (Fsp3) is 0.158. The van der Waals surface area contributed by atoms with E-state index in [1.54, 1.807) is 18.7 Å². The van der Waals surface area contributed by atoms with Gasteiger partial charge in [0.2, 0.25) is 10.0 Å². The molecule has 6 nitrogen and oxygen atoms in total. The van der Waals surface area contributed by atoms with Gasteiger partial charge in [0, 0.05) is 16.8 Å². The highest BCUT2D eigenvalue weighted by Gasteiger charge is 2.22. The number of hydrogen-bond donors (Lipinski definition) is 1. The monoisotopic (exact) mass is 433 g/mol. The standard InChI is InChI=1S/C19H19N3O3S3/c1-13-17(27-19(20-13)22(2)28(3,24)25)18(23)21-15-11-7-8-12-16(15)26-14-9-5-4-6-10-14/h4-12H,1-3H3,(H,21,23). The summed E-state index contributed by atoms with van der Waals surface area (Å²) in [5, 5.41) is 3.18. The van der Waals surface area contributed by atoms with Crippen molar-refractivity contribution in [2.45, 2.75) is 16.7 Å². The summed E-state index contributed by atoms with van der Waals surface area (Å²) >= 11 is 2.60. The Kier molecular flexibility index (Phi) is 6.07. The zero-order valence-electron chi connectivity index (χ0n) is 15.5. The van der Waals surface area contributed by atoms with Crippen molar-refractivity contribution in [2.24, 2.45) is 0 Å². The molecular weight excluding hydrogens is 414 g/mol. The minimum Gasteiger partial charge on any atom is -0.320 e. The second-order valence-electron chi connectivity index (χ2n) is 6.01. The van der Waals surface area contributed by atoms with E-state index in [1.807, 2.05) is 54.6 Å². The second kappa shape index (κ2) is 8.34. The molecule has 9 heteroatoms. The predicted molar refractivity (Wildman–Crippen MR) is 115 cm³/mol. The number of hydrogen-bond acceptors (Lipinski definition) is 6. The van der Waals surface area contributed by atoms with Gasteiger partial charge < -0.3 is 5.32 Å². The van der Waals surface area contributed by atoms with E-state index >= 15 is 0 Å². The molecule has 0 bridgehead atoms. The third-order valence-electron chi connectivity index (χ3n) is 3.86. The number of nitrogens with one attached hydrogen (secondary N) is 1. The van der Waals surface area contributed by atoms with E-state index in [9.17, 15) is 13.2 Å². The van der Waals surface area contributed by atoms with Crippen LogP contribution in [0.1, 0.15) is 15.4 Å². The average Bonchev–Trinajstić information content (AvgIpc) is 3.04. The van der Waals surface area contributed by atoms with Crippen LogP contribution in [0, 0.1) is 6.92 Å². The molecule has 0 aliphatic heterocycles. The van der Waals surface area contributed by atoms with Crippen LogP contribution in [0.15, 0.2) is 64.4 Å². The number of thiazole rings is 1. The smallest absolute Gasteiger partial charge is 0.267 e. The summed E-state index contributed by atoms with van der Waals surface area (Å²) in [6, 6.07) is 17.4. The molecule has 0 unspecified atom stereocenters. The fourth-order valence-electron chi connectivity index (χ4n) is 2.32. The van der Waals surface area contributed by atoms with E-state index in [0.29, 0.717) is 16.3 Å². The zero-order chi connectivity index (χ0) is 20.3. The number of aromatic nitrogens is 1. The Morgan fingerprint density at radius 1 is 1.11 bits per heavy atom. The summed E-state index contributed by atoms with van der Waals surface area (Å²) in [6.07, 6.45) is 1.10. The number of carbonyl (C=O) groups excluding carboxylic acids is 1. The molecule has 28 heavy (non-hydrogen) atoms. The van der Waals surface area contributed by atoms with Gasteiger partial charge in [0.15, 0.2) is 5.13 Å². The van der Waals surface area contributed by atoms with Crippen molar-refractivity contribution in [3.63, 3.8) is 0 Å². The Hall–Kier alpha value is -2.36. The highest BCUT2D eigenvalue weighted by atomic mass is 32.2. The van der Waals surface area contributed by atoms with Crippen LogP contribution in [0.25, 0.3) is 0 Å². The highest BCUT2D eigenvalue weighted by molar-refractivity contribution is 7.99. The summed E-state index contributed by atoms with van der Waals surface area (Å²) in [5.74, 6) is -0.315. The first-order valence-electron chi connectivity index (χ1n) is 8.30. The van der Waals surface area contributed by atoms with Gasteiger partial charge in [0.25, 0.3) is 5.91 Å². The van der Waals surface area contributed by atoms with Crippen molar-refractivity contribution < 1.29 is 13.2 Å². The van der Waals surface area contributed by atoms with Crippen molar-refractivity contribution in [2.75, 3.05) is 22.9 Å². The van der Waals surface area contributed by atoms with Crippen molar-refractivity contribution in [1.29, 1.82) is 0 Å². The van der Waals surface area contributed by atoms with Crippen LogP contribution in [0.3, 0.4) is 0 Å². The molecule has 146 valence electrons. The number of carbonyl (C=O) groups is 1. The van der Waals surface area contributed by atoms with Crippen LogP contribution in [0.2, 0.25) is 0 Å². The molecule has 1 N–H and O–H groups in total. The molecule has 0 aliphatic carbocycles. The SMILES string of the molecule is Cc1nc(N(C)S(C)(=O)=O)sc1C(=O)Nc1ccccc1Sc1ccccc1. The van der Waals surface area contributed by atoms with Crippen molar-refractivity contribution in [3.05, 3.63) is 65.2 Å². The summed E-state index contributed by atoms with van der Waals surface area (Å²) in [6.45, 7) is 1.69. The fourth-order valence-corrected chi connectivity index (χ4v) is 4.92. The summed E-state index contributed by atoms with van der Waals surface area (Å²) in [5.41, 5.74) is 1.17. The van der Waals surface area contributed by atoms with Crippen LogP contribution in [0.4, 0.5) is 10.8 Å². The van der Waals surface area contributed by atoms with Crippen LogP contribution in [-0.4, -0.2) is 32.6 Å². The van der Waals surface area contributed by atoms with Gasteiger partial charge in [-0.05, 0) is 31.2 Å². The lowest BCUT2D eigenvalue weighted by Crippen LogP contribution is -2.24. The Labute approximate surface area is 172 Å². The van der Waals surface area contributed by atoms with Gasteiger partial charge in [-0.1, -0.05) is 53.4 Å². The molecule has 1 heterocycles. The predicted octanol–water partition coefficient (Wildman–Crippen LogP) is 4.25. The number of amides is 1. The van der Waals surface area contributed by atoms with Gasteiger partial charge in [-0.25, -0.2) is 17.7 Å². The molecule has 0 aliphatic rings. The maximum Gasteiger partial charge on any atom is 0.267 e. The van der Waals surface area contributed by atoms with Gasteiger partial charge in [0.1, 0.15) is 4.88 Å². The van der Waals surface area contributed by atoms with Gasteiger partial charge in [-0.2, -0.15) is 0 Å². The van der Waals surface area contributed by atoms with E-state index in [0.717, 1.165) is 31.7 Å². The van der Waals surface area contributed by atoms with Gasteiger partial charge in [0.05, 0.1) is 17.6 Å². The number of anilines is 2. The molecule has 0 fully saturated rings. The van der Waals surface area contributed by atoms with Crippen LogP contribution < -0.4 is 9.62 Å². The van der Waals surface area contributed by atoms with Crippen molar-refractivity contribution in [3.8, 4) is 0 Å². The normalized spacial score (nSPS) is 11.2. The van der Waals surface area contributed by atoms with E-state index in [-0.39, 0.29) is 11.0 Å². The molecule has 1 amide bonds. The molecule has 0 radical (unpaired) electrons. The van der Waals surface area contributed by atoms with Gasteiger partial charge in [-0.15, -0.1) is 0 Å². The first kappa shape index (κ1) is 20.4. The molecule has 0 saturated carbocycles. The third kappa shape index (κ3) is 4.73. The van der Waals surface area contributed by atoms with E-state index in [1.165, 1.54) is 7.05 Å². The van der Waals surface area contributed by atoms with Crippen molar-refractivity contribution in [1.82, 2.24) is 4.98 Å². The molecule has 0 saturated heterocycles. The molecule has 3 rings (SSSR count). The topological polar surface area (TPSA) is 79.4 Å². The maximum atomic E-state index is 12.8. The number of sulfonamides is 1. The summed E-state index contributed by atoms with van der Waals surface area (Å²) in [4.78, 5) is 19.4. The molecule has 3 aromatic rings. The minimum atomic E-state index is -3.44. The van der Waals surface area contributed by atoms with Crippen LogP contribution >= 0.6 is 23.1 Å². The second-order valence-corrected chi connectivity index (χ2v) is 10.1. The zero-order valence-corrected chi connectivity index (χ0v) is 18.0. The Morgan fingerprint density at radius 3 is 2.43 bits per heavy atom. The molecule has 0 atom stereocenters. The van der Waals surface area contributed by atoms with Crippen LogP contribution in [0.5, 0.6) is 0 Å². The number of nitrogens with zero attached hydrogens (tertiary/aromatic N) is 2. The number of benzene rings is 2. The van der Waals surface area contributed by atoms with Gasteiger partial charge in [-0.3, -0.25) is 4.79 Å². The molecular formula is C19H19N3O3S3. The Bertz CT molecular complexity index is 1100.